The number of likely N-dealkylation sites (N-methyl/N-ethyl adjacent to an activating group) is 1. The van der Waals surface area contributed by atoms with Gasteiger partial charge in [0.2, 0.25) is 11.8 Å². The molecule has 2 saturated heterocycles. The molecule has 7 nitrogen and oxygen atoms in total. The highest BCUT2D eigenvalue weighted by molar-refractivity contribution is 5.96. The van der Waals surface area contributed by atoms with Gasteiger partial charge < -0.3 is 9.80 Å². The lowest BCUT2D eigenvalue weighted by Gasteiger charge is -2.47. The maximum atomic E-state index is 13.9. The summed E-state index contributed by atoms with van der Waals surface area (Å²) >= 11 is 0. The van der Waals surface area contributed by atoms with Crippen LogP contribution in [0.4, 0.5) is 4.39 Å². The van der Waals surface area contributed by atoms with E-state index >= 15 is 0 Å². The van der Waals surface area contributed by atoms with Crippen molar-refractivity contribution in [3.63, 3.8) is 0 Å². The number of hydrogen-bond acceptors (Lipinski definition) is 4. The van der Waals surface area contributed by atoms with Crippen LogP contribution in [0.15, 0.2) is 36.7 Å². The summed E-state index contributed by atoms with van der Waals surface area (Å²) in [6, 6.07) is 5.65. The number of carbonyl (C=O) groups is 2. The van der Waals surface area contributed by atoms with E-state index in [2.05, 4.69) is 10.00 Å². The number of piperazine rings is 2. The normalized spacial score (nSPS) is 23.7. The Bertz CT molecular complexity index is 882. The Morgan fingerprint density at radius 3 is 2.74 bits per heavy atom. The van der Waals surface area contributed by atoms with Gasteiger partial charge in [-0.25, -0.2) is 9.07 Å². The third kappa shape index (κ3) is 3.10. The molecule has 8 heteroatoms. The second-order valence-corrected chi connectivity index (χ2v) is 7.15. The minimum Gasteiger partial charge on any atom is -0.332 e. The lowest BCUT2D eigenvalue weighted by molar-refractivity contribution is -0.163. The van der Waals surface area contributed by atoms with Gasteiger partial charge in [-0.1, -0.05) is 12.1 Å². The molecule has 1 aromatic heterocycles. The van der Waals surface area contributed by atoms with Crippen LogP contribution in [0.3, 0.4) is 0 Å². The van der Waals surface area contributed by atoms with Gasteiger partial charge in [-0.2, -0.15) is 5.10 Å². The lowest BCUT2D eigenvalue weighted by Crippen LogP contribution is -2.68. The molecular weight excluding hydrogens is 349 g/mol. The van der Waals surface area contributed by atoms with Gasteiger partial charge >= 0.3 is 0 Å². The highest BCUT2D eigenvalue weighted by Crippen LogP contribution is 2.22. The van der Waals surface area contributed by atoms with E-state index in [1.54, 1.807) is 49.5 Å². The molecule has 0 saturated carbocycles. The van der Waals surface area contributed by atoms with Crippen molar-refractivity contribution in [1.82, 2.24) is 24.5 Å². The summed E-state index contributed by atoms with van der Waals surface area (Å²) in [6.07, 6.45) is 3.51. The van der Waals surface area contributed by atoms with E-state index in [9.17, 15) is 14.0 Å². The first-order valence-corrected chi connectivity index (χ1v) is 9.03. The molecule has 2 aromatic rings. The molecule has 0 N–H and O–H groups in total. The Kier molecular flexibility index (Phi) is 4.43. The highest BCUT2D eigenvalue weighted by Gasteiger charge is 2.44. The molecule has 2 amide bonds. The van der Waals surface area contributed by atoms with E-state index in [1.807, 2.05) is 0 Å². The average Bonchev–Trinajstić information content (AvgIpc) is 3.13. The van der Waals surface area contributed by atoms with Crippen LogP contribution < -0.4 is 0 Å². The first-order chi connectivity index (χ1) is 13.0. The van der Waals surface area contributed by atoms with Crippen LogP contribution in [0.2, 0.25) is 0 Å². The Morgan fingerprint density at radius 1 is 1.19 bits per heavy atom. The number of rotatable bonds is 3. The minimum atomic E-state index is -0.436. The molecule has 2 fully saturated rings. The molecular formula is C19H22FN5O2. The predicted molar refractivity (Wildman–Crippen MR) is 96.5 cm³/mol. The molecule has 27 heavy (non-hydrogen) atoms. The first kappa shape index (κ1) is 17.7. The van der Waals surface area contributed by atoms with Gasteiger partial charge in [0.25, 0.3) is 0 Å². The fraction of sp³-hybridized carbons (Fsp3) is 0.421. The van der Waals surface area contributed by atoms with Crippen molar-refractivity contribution in [3.8, 4) is 5.69 Å². The van der Waals surface area contributed by atoms with Crippen LogP contribution in [0.25, 0.3) is 5.69 Å². The fourth-order valence-electron chi connectivity index (χ4n) is 3.76. The maximum Gasteiger partial charge on any atom is 0.247 e. The van der Waals surface area contributed by atoms with Gasteiger partial charge in [0.15, 0.2) is 0 Å². The van der Waals surface area contributed by atoms with Crippen molar-refractivity contribution in [2.24, 2.45) is 0 Å². The van der Waals surface area contributed by atoms with Crippen molar-refractivity contribution in [2.45, 2.75) is 25.6 Å². The number of benzene rings is 1. The topological polar surface area (TPSA) is 61.7 Å². The van der Waals surface area contributed by atoms with Crippen molar-refractivity contribution in [2.75, 3.05) is 26.7 Å². The molecule has 0 bridgehead atoms. The Hall–Kier alpha value is -2.74. The molecule has 2 atom stereocenters. The number of aromatic nitrogens is 2. The van der Waals surface area contributed by atoms with Crippen molar-refractivity contribution in [1.29, 1.82) is 0 Å². The highest BCUT2D eigenvalue weighted by atomic mass is 19.1. The SMILES string of the molecule is C[C@H]1C(=O)N2CCN(Cc3cnn(-c4ccccc4F)c3)C[C@@H]2C(=O)N1C. The van der Waals surface area contributed by atoms with Gasteiger partial charge in [0.1, 0.15) is 23.6 Å². The third-order valence-electron chi connectivity index (χ3n) is 5.46. The zero-order valence-electron chi connectivity index (χ0n) is 15.4. The van der Waals surface area contributed by atoms with E-state index in [0.29, 0.717) is 31.9 Å². The molecule has 3 heterocycles. The summed E-state index contributed by atoms with van der Waals surface area (Å²) < 4.78 is 15.4. The zero-order chi connectivity index (χ0) is 19.1. The average molecular weight is 371 g/mol. The van der Waals surface area contributed by atoms with E-state index in [4.69, 9.17) is 0 Å². The summed E-state index contributed by atoms with van der Waals surface area (Å²) in [6.45, 7) is 4.08. The van der Waals surface area contributed by atoms with Crippen LogP contribution in [0.5, 0.6) is 0 Å². The molecule has 4 rings (SSSR count). The van der Waals surface area contributed by atoms with E-state index in [-0.39, 0.29) is 17.6 Å². The standard InChI is InChI=1S/C19H22FN5O2/c1-13-18(26)24-8-7-23(12-17(24)19(27)22(13)2)10-14-9-21-25(11-14)16-6-4-3-5-15(16)20/h3-6,9,11,13,17H,7-8,10,12H2,1-2H3/t13-,17+/m0/s1. The van der Waals surface area contributed by atoms with E-state index < -0.39 is 12.1 Å². The Labute approximate surface area is 157 Å². The molecule has 0 radical (unpaired) electrons. The molecule has 1 aromatic carbocycles. The molecule has 2 aliphatic rings. The summed E-state index contributed by atoms with van der Waals surface area (Å²) in [7, 11) is 1.68. The number of carbonyl (C=O) groups excluding carboxylic acids is 2. The minimum absolute atomic E-state index is 0.00845. The largest absolute Gasteiger partial charge is 0.332 e. The summed E-state index contributed by atoms with van der Waals surface area (Å²) in [5.41, 5.74) is 1.33. The van der Waals surface area contributed by atoms with E-state index in [0.717, 1.165) is 5.56 Å². The van der Waals surface area contributed by atoms with Crippen molar-refractivity contribution >= 4 is 11.8 Å². The van der Waals surface area contributed by atoms with Crippen molar-refractivity contribution in [3.05, 3.63) is 48.0 Å². The maximum absolute atomic E-state index is 13.9. The third-order valence-corrected chi connectivity index (χ3v) is 5.46. The van der Waals surface area contributed by atoms with Crippen LogP contribution >= 0.6 is 0 Å². The van der Waals surface area contributed by atoms with Crippen molar-refractivity contribution < 1.29 is 14.0 Å². The number of halogens is 1. The molecule has 2 aliphatic heterocycles. The lowest BCUT2D eigenvalue weighted by atomic mass is 10.0. The van der Waals surface area contributed by atoms with E-state index in [1.165, 1.54) is 15.6 Å². The van der Waals surface area contributed by atoms with Crippen LogP contribution in [0, 0.1) is 5.82 Å². The molecule has 0 spiro atoms. The number of nitrogens with zero attached hydrogens (tertiary/aromatic N) is 5. The van der Waals surface area contributed by atoms with Gasteiger partial charge in [-0.05, 0) is 19.1 Å². The molecule has 142 valence electrons. The summed E-state index contributed by atoms with van der Waals surface area (Å²) in [5, 5.41) is 4.25. The van der Waals surface area contributed by atoms with Crippen LogP contribution in [-0.4, -0.2) is 75.1 Å². The fourth-order valence-corrected chi connectivity index (χ4v) is 3.76. The van der Waals surface area contributed by atoms with Gasteiger partial charge in [-0.15, -0.1) is 0 Å². The van der Waals surface area contributed by atoms with Gasteiger partial charge in [-0.3, -0.25) is 14.5 Å². The van der Waals surface area contributed by atoms with Gasteiger partial charge in [0.05, 0.1) is 6.20 Å². The molecule has 0 unspecified atom stereocenters. The second kappa shape index (κ2) is 6.77. The summed E-state index contributed by atoms with van der Waals surface area (Å²) in [4.78, 5) is 30.4. The predicted octanol–water partition coefficient (Wildman–Crippen LogP) is 0.885. The Balaban J connectivity index is 1.47. The number of hydrogen-bond donors (Lipinski definition) is 0. The quantitative estimate of drug-likeness (QED) is 0.804. The molecule has 0 aliphatic carbocycles. The van der Waals surface area contributed by atoms with Gasteiger partial charge in [0, 0.05) is 45.0 Å². The zero-order valence-corrected chi connectivity index (χ0v) is 15.4. The monoisotopic (exact) mass is 371 g/mol. The first-order valence-electron chi connectivity index (χ1n) is 9.03. The number of para-hydroxylation sites is 1. The van der Waals surface area contributed by atoms with Crippen LogP contribution in [0.1, 0.15) is 12.5 Å². The number of fused-ring (bicyclic) bond motifs is 1. The van der Waals surface area contributed by atoms with Crippen LogP contribution in [-0.2, 0) is 16.1 Å². The summed E-state index contributed by atoms with van der Waals surface area (Å²) in [5.74, 6) is -0.341. The second-order valence-electron chi connectivity index (χ2n) is 7.15. The smallest absolute Gasteiger partial charge is 0.247 e. The number of amides is 2. The Morgan fingerprint density at radius 2 is 1.96 bits per heavy atom.